The molecule has 1 aromatic carbocycles. The predicted octanol–water partition coefficient (Wildman–Crippen LogP) is 2.31. The Morgan fingerprint density at radius 2 is 1.90 bits per heavy atom. The van der Waals surface area contributed by atoms with Gasteiger partial charge in [0.25, 0.3) is 5.91 Å². The minimum absolute atomic E-state index is 0. The van der Waals surface area contributed by atoms with Gasteiger partial charge in [-0.25, -0.2) is 4.39 Å². The van der Waals surface area contributed by atoms with E-state index in [1.165, 1.54) is 0 Å². The number of amides is 1. The molecule has 1 atom stereocenters. The van der Waals surface area contributed by atoms with Gasteiger partial charge in [-0.2, -0.15) is 0 Å². The van der Waals surface area contributed by atoms with Crippen LogP contribution in [0.5, 0.6) is 0 Å². The number of halogens is 2. The van der Waals surface area contributed by atoms with Crippen LogP contribution in [0.3, 0.4) is 0 Å². The number of hydrogen-bond donors (Lipinski definition) is 2. The monoisotopic (exact) mass is 298 g/mol. The van der Waals surface area contributed by atoms with Crippen molar-refractivity contribution in [3.8, 4) is 0 Å². The minimum atomic E-state index is -1.74. The highest BCUT2D eigenvalue weighted by atomic mass is 35.5. The summed E-state index contributed by atoms with van der Waals surface area (Å²) < 4.78 is 14.4. The molecule has 1 heterocycles. The van der Waals surface area contributed by atoms with Crippen LogP contribution in [0, 0.1) is 0 Å². The first-order valence-electron chi connectivity index (χ1n) is 6.93. The molecule has 0 spiro atoms. The van der Waals surface area contributed by atoms with Crippen molar-refractivity contribution < 1.29 is 9.18 Å². The third-order valence-corrected chi connectivity index (χ3v) is 4.40. The lowest BCUT2D eigenvalue weighted by Gasteiger charge is -2.44. The summed E-state index contributed by atoms with van der Waals surface area (Å²) in [6.45, 7) is 0.700. The fourth-order valence-corrected chi connectivity index (χ4v) is 2.96. The molecule has 1 saturated carbocycles. The zero-order chi connectivity index (χ0) is 13.3. The average Bonchev–Trinajstić information content (AvgIpc) is 2.83. The van der Waals surface area contributed by atoms with Crippen molar-refractivity contribution in [1.82, 2.24) is 10.6 Å². The van der Waals surface area contributed by atoms with Crippen LogP contribution in [0.15, 0.2) is 30.3 Å². The first kappa shape index (κ1) is 15.3. The van der Waals surface area contributed by atoms with E-state index in [1.54, 1.807) is 0 Å². The van der Waals surface area contributed by atoms with Crippen molar-refractivity contribution in [2.45, 2.75) is 36.9 Å². The maximum Gasteiger partial charge on any atom is 0.259 e. The second-order valence-electron chi connectivity index (χ2n) is 5.65. The number of carbonyl (C=O) groups is 1. The van der Waals surface area contributed by atoms with Crippen LogP contribution in [-0.2, 0) is 10.3 Å². The summed E-state index contributed by atoms with van der Waals surface area (Å²) in [7, 11) is 0. The lowest BCUT2D eigenvalue weighted by atomic mass is 9.71. The smallest absolute Gasteiger partial charge is 0.259 e. The second kappa shape index (κ2) is 5.70. The molecule has 3 nitrogen and oxygen atoms in total. The van der Waals surface area contributed by atoms with E-state index in [2.05, 4.69) is 10.6 Å². The number of carbonyl (C=O) groups excluding carboxylic acids is 1. The highest BCUT2D eigenvalue weighted by Crippen LogP contribution is 2.41. The van der Waals surface area contributed by atoms with Gasteiger partial charge in [-0.15, -0.1) is 12.4 Å². The van der Waals surface area contributed by atoms with E-state index in [-0.39, 0.29) is 30.9 Å². The first-order chi connectivity index (χ1) is 9.15. The summed E-state index contributed by atoms with van der Waals surface area (Å²) >= 11 is 0. The van der Waals surface area contributed by atoms with Crippen LogP contribution in [0.2, 0.25) is 0 Å². The molecule has 0 radical (unpaired) electrons. The van der Waals surface area contributed by atoms with E-state index in [9.17, 15) is 9.18 Å². The Morgan fingerprint density at radius 3 is 2.40 bits per heavy atom. The van der Waals surface area contributed by atoms with Gasteiger partial charge in [-0.05, 0) is 31.4 Å². The maximum absolute atomic E-state index is 14.4. The lowest BCUT2D eigenvalue weighted by molar-refractivity contribution is -0.135. The Balaban J connectivity index is 0.00000147. The SMILES string of the molecule is Cl.O=C(NC1(c2ccccc2)CCC1)C1(F)CCNC1. The van der Waals surface area contributed by atoms with Crippen molar-refractivity contribution in [2.24, 2.45) is 0 Å². The zero-order valence-electron chi connectivity index (χ0n) is 11.3. The van der Waals surface area contributed by atoms with E-state index in [0.717, 1.165) is 24.8 Å². The second-order valence-corrected chi connectivity index (χ2v) is 5.65. The summed E-state index contributed by atoms with van der Waals surface area (Å²) in [6.07, 6.45) is 3.13. The Hall–Kier alpha value is -1.13. The Bertz CT molecular complexity index is 470. The number of benzene rings is 1. The first-order valence-corrected chi connectivity index (χ1v) is 6.93. The standard InChI is InChI=1S/C15H19FN2O.ClH/c16-14(9-10-17-11-14)13(19)18-15(7-4-8-15)12-5-2-1-3-6-12;/h1-3,5-6,17H,4,7-11H2,(H,18,19);1H. The molecule has 2 aliphatic rings. The summed E-state index contributed by atoms with van der Waals surface area (Å²) in [6, 6.07) is 9.90. The van der Waals surface area contributed by atoms with Crippen LogP contribution in [0.25, 0.3) is 0 Å². The van der Waals surface area contributed by atoms with Crippen molar-refractivity contribution >= 4 is 18.3 Å². The van der Waals surface area contributed by atoms with Crippen molar-refractivity contribution in [3.63, 3.8) is 0 Å². The predicted molar refractivity (Wildman–Crippen MR) is 78.7 cm³/mol. The molecule has 1 aliphatic heterocycles. The molecule has 1 saturated heterocycles. The van der Waals surface area contributed by atoms with Gasteiger partial charge in [0.1, 0.15) is 0 Å². The lowest BCUT2D eigenvalue weighted by Crippen LogP contribution is -2.57. The van der Waals surface area contributed by atoms with Gasteiger partial charge in [-0.1, -0.05) is 30.3 Å². The summed E-state index contributed by atoms with van der Waals surface area (Å²) in [5, 5.41) is 5.89. The van der Waals surface area contributed by atoms with Gasteiger partial charge in [0.05, 0.1) is 5.54 Å². The topological polar surface area (TPSA) is 41.1 Å². The fourth-order valence-electron chi connectivity index (χ4n) is 2.96. The van der Waals surface area contributed by atoms with Crippen LogP contribution in [0.4, 0.5) is 4.39 Å². The number of alkyl halides is 1. The Morgan fingerprint density at radius 1 is 1.20 bits per heavy atom. The molecule has 2 N–H and O–H groups in total. The van der Waals surface area contributed by atoms with E-state index in [4.69, 9.17) is 0 Å². The molecule has 0 aromatic heterocycles. The third-order valence-electron chi connectivity index (χ3n) is 4.40. The largest absolute Gasteiger partial charge is 0.344 e. The summed E-state index contributed by atoms with van der Waals surface area (Å²) in [5.41, 5.74) is -0.999. The average molecular weight is 299 g/mol. The molecule has 5 heteroatoms. The van der Waals surface area contributed by atoms with Crippen molar-refractivity contribution in [2.75, 3.05) is 13.1 Å². The van der Waals surface area contributed by atoms with Crippen molar-refractivity contribution in [3.05, 3.63) is 35.9 Å². The van der Waals surface area contributed by atoms with Gasteiger partial charge in [0.15, 0.2) is 0 Å². The molecule has 3 rings (SSSR count). The normalized spacial score (nSPS) is 27.2. The van der Waals surface area contributed by atoms with Gasteiger partial charge in [-0.3, -0.25) is 4.79 Å². The number of rotatable bonds is 3. The quantitative estimate of drug-likeness (QED) is 0.899. The summed E-state index contributed by atoms with van der Waals surface area (Å²) in [4.78, 5) is 12.2. The van der Waals surface area contributed by atoms with E-state index in [1.807, 2.05) is 30.3 Å². The Labute approximate surface area is 124 Å². The number of nitrogens with one attached hydrogen (secondary N) is 2. The molecule has 1 aromatic rings. The van der Waals surface area contributed by atoms with Gasteiger partial charge in [0, 0.05) is 13.0 Å². The Kier molecular flexibility index (Phi) is 4.35. The van der Waals surface area contributed by atoms with Gasteiger partial charge >= 0.3 is 0 Å². The summed E-state index contributed by atoms with van der Waals surface area (Å²) in [5.74, 6) is -0.457. The highest BCUT2D eigenvalue weighted by Gasteiger charge is 2.47. The zero-order valence-corrected chi connectivity index (χ0v) is 12.1. The van der Waals surface area contributed by atoms with Crippen LogP contribution in [0.1, 0.15) is 31.2 Å². The molecule has 1 amide bonds. The molecule has 110 valence electrons. The minimum Gasteiger partial charge on any atom is -0.344 e. The van der Waals surface area contributed by atoms with E-state index < -0.39 is 11.6 Å². The highest BCUT2D eigenvalue weighted by molar-refractivity contribution is 5.86. The molecule has 2 fully saturated rings. The van der Waals surface area contributed by atoms with Gasteiger partial charge < -0.3 is 10.6 Å². The van der Waals surface area contributed by atoms with Crippen LogP contribution >= 0.6 is 12.4 Å². The van der Waals surface area contributed by atoms with Gasteiger partial charge in [0.2, 0.25) is 5.67 Å². The third kappa shape index (κ3) is 2.54. The van der Waals surface area contributed by atoms with Crippen molar-refractivity contribution in [1.29, 1.82) is 0 Å². The molecular formula is C15H20ClFN2O. The fraction of sp³-hybridized carbons (Fsp3) is 0.533. The maximum atomic E-state index is 14.4. The van der Waals surface area contributed by atoms with Crippen LogP contribution < -0.4 is 10.6 Å². The van der Waals surface area contributed by atoms with E-state index in [0.29, 0.717) is 6.54 Å². The molecule has 0 bridgehead atoms. The van der Waals surface area contributed by atoms with E-state index >= 15 is 0 Å². The molecule has 20 heavy (non-hydrogen) atoms. The molecule has 1 unspecified atom stereocenters. The molecule has 1 aliphatic carbocycles. The van der Waals surface area contributed by atoms with Crippen LogP contribution in [-0.4, -0.2) is 24.7 Å². The number of hydrogen-bond acceptors (Lipinski definition) is 2. The molecular weight excluding hydrogens is 279 g/mol.